The fourth-order valence-electron chi connectivity index (χ4n) is 1.31. The van der Waals surface area contributed by atoms with Crippen LogP contribution in [0.5, 0.6) is 0 Å². The first kappa shape index (κ1) is 15.6. The smallest absolute Gasteiger partial charge is 0.273 e. The fraction of sp³-hybridized carbons (Fsp3) is 0.636. The number of methoxy groups -OCH3 is 1. The van der Waals surface area contributed by atoms with Crippen molar-refractivity contribution >= 4 is 5.91 Å². The highest BCUT2D eigenvalue weighted by molar-refractivity contribution is 5.93. The molecule has 19 heavy (non-hydrogen) atoms. The second-order valence-corrected chi connectivity index (χ2v) is 4.51. The molecule has 8 heteroatoms. The molecule has 0 fully saturated rings. The SMILES string of the molecule is COC(C)(C)CNC(=O)c1noc(COO)c1CO. The number of amides is 1. The molecule has 0 aliphatic carbocycles. The van der Waals surface area contributed by atoms with Gasteiger partial charge in [0.25, 0.3) is 5.91 Å². The Morgan fingerprint density at radius 2 is 2.21 bits per heavy atom. The molecule has 8 nitrogen and oxygen atoms in total. The molecular weight excluding hydrogens is 256 g/mol. The third-order valence-corrected chi connectivity index (χ3v) is 2.67. The number of nitrogens with zero attached hydrogens (tertiary/aromatic N) is 1. The Hall–Kier alpha value is -1.48. The molecule has 0 aliphatic rings. The lowest BCUT2D eigenvalue weighted by Crippen LogP contribution is -2.40. The second kappa shape index (κ2) is 6.62. The largest absolute Gasteiger partial charge is 0.391 e. The minimum Gasteiger partial charge on any atom is -0.391 e. The average molecular weight is 274 g/mol. The number of aromatic nitrogens is 1. The van der Waals surface area contributed by atoms with Crippen LogP contribution in [-0.2, 0) is 22.8 Å². The molecule has 0 unspecified atom stereocenters. The van der Waals surface area contributed by atoms with E-state index in [-0.39, 0.29) is 30.2 Å². The van der Waals surface area contributed by atoms with Gasteiger partial charge in [0.05, 0.1) is 17.8 Å². The van der Waals surface area contributed by atoms with Gasteiger partial charge in [0.2, 0.25) is 0 Å². The molecule has 108 valence electrons. The lowest BCUT2D eigenvalue weighted by atomic mass is 10.1. The zero-order valence-corrected chi connectivity index (χ0v) is 11.1. The third-order valence-electron chi connectivity index (χ3n) is 2.67. The minimum absolute atomic E-state index is 0.0403. The van der Waals surface area contributed by atoms with Gasteiger partial charge in [0, 0.05) is 13.7 Å². The average Bonchev–Trinajstić information content (AvgIpc) is 2.79. The maximum Gasteiger partial charge on any atom is 0.273 e. The Kier molecular flexibility index (Phi) is 5.43. The van der Waals surface area contributed by atoms with Gasteiger partial charge in [-0.15, -0.1) is 0 Å². The standard InChI is InChI=1S/C11H18N2O6/c1-11(2,17-3)6-12-10(15)9-7(4-14)8(5-18-16)19-13-9/h14,16H,4-6H2,1-3H3,(H,12,15). The summed E-state index contributed by atoms with van der Waals surface area (Å²) in [6.45, 7) is 3.16. The molecule has 0 saturated carbocycles. The van der Waals surface area contributed by atoms with Gasteiger partial charge in [-0.1, -0.05) is 5.16 Å². The Morgan fingerprint density at radius 3 is 2.74 bits per heavy atom. The van der Waals surface area contributed by atoms with E-state index < -0.39 is 18.1 Å². The van der Waals surface area contributed by atoms with Crippen LogP contribution in [-0.4, -0.2) is 40.7 Å². The van der Waals surface area contributed by atoms with Gasteiger partial charge in [-0.25, -0.2) is 4.89 Å². The summed E-state index contributed by atoms with van der Waals surface area (Å²) in [4.78, 5) is 15.8. The lowest BCUT2D eigenvalue weighted by Gasteiger charge is -2.22. The van der Waals surface area contributed by atoms with Crippen LogP contribution >= 0.6 is 0 Å². The van der Waals surface area contributed by atoms with Gasteiger partial charge in [-0.3, -0.25) is 10.1 Å². The zero-order valence-electron chi connectivity index (χ0n) is 11.1. The van der Waals surface area contributed by atoms with Crippen molar-refractivity contribution in [3.8, 4) is 0 Å². The van der Waals surface area contributed by atoms with Crippen LogP contribution in [0.2, 0.25) is 0 Å². The second-order valence-electron chi connectivity index (χ2n) is 4.51. The van der Waals surface area contributed by atoms with E-state index in [1.165, 1.54) is 7.11 Å². The molecule has 1 heterocycles. The number of aliphatic hydroxyl groups is 1. The molecule has 0 radical (unpaired) electrons. The molecule has 1 aromatic rings. The summed E-state index contributed by atoms with van der Waals surface area (Å²) >= 11 is 0. The quantitative estimate of drug-likeness (QED) is 0.484. The van der Waals surface area contributed by atoms with Gasteiger partial charge >= 0.3 is 0 Å². The lowest BCUT2D eigenvalue weighted by molar-refractivity contribution is -0.256. The molecule has 0 atom stereocenters. The maximum absolute atomic E-state index is 11.9. The van der Waals surface area contributed by atoms with E-state index in [4.69, 9.17) is 14.5 Å². The van der Waals surface area contributed by atoms with Crippen LogP contribution in [0.4, 0.5) is 0 Å². The summed E-state index contributed by atoms with van der Waals surface area (Å²) in [5.74, 6) is -0.400. The first-order valence-electron chi connectivity index (χ1n) is 5.63. The third kappa shape index (κ3) is 4.00. The number of nitrogens with one attached hydrogen (secondary N) is 1. The van der Waals surface area contributed by atoms with Crippen molar-refractivity contribution in [2.45, 2.75) is 32.7 Å². The van der Waals surface area contributed by atoms with E-state index >= 15 is 0 Å². The van der Waals surface area contributed by atoms with Gasteiger partial charge in [-0.2, -0.15) is 0 Å². The van der Waals surface area contributed by atoms with Crippen LogP contribution in [0.3, 0.4) is 0 Å². The van der Waals surface area contributed by atoms with E-state index in [2.05, 4.69) is 15.4 Å². The Labute approximate surface area is 110 Å². The number of carbonyl (C=O) groups excluding carboxylic acids is 1. The highest BCUT2D eigenvalue weighted by Gasteiger charge is 2.24. The molecule has 0 aromatic carbocycles. The monoisotopic (exact) mass is 274 g/mol. The topological polar surface area (TPSA) is 114 Å². The molecule has 1 amide bonds. The summed E-state index contributed by atoms with van der Waals surface area (Å²) in [6, 6.07) is 0. The van der Waals surface area contributed by atoms with Crippen molar-refractivity contribution in [2.24, 2.45) is 0 Å². The molecule has 0 saturated heterocycles. The molecule has 3 N–H and O–H groups in total. The van der Waals surface area contributed by atoms with Crippen LogP contribution in [0.15, 0.2) is 4.52 Å². The molecule has 1 rings (SSSR count). The van der Waals surface area contributed by atoms with Crippen LogP contribution in [0.25, 0.3) is 0 Å². The van der Waals surface area contributed by atoms with Gasteiger partial charge in [0.15, 0.2) is 11.5 Å². The predicted octanol–water partition coefficient (Wildman–Crippen LogP) is 0.311. The van der Waals surface area contributed by atoms with Crippen molar-refractivity contribution in [1.29, 1.82) is 0 Å². The summed E-state index contributed by atoms with van der Waals surface area (Å²) in [5.41, 5.74) is -0.376. The van der Waals surface area contributed by atoms with E-state index in [0.717, 1.165) is 0 Å². The first-order valence-corrected chi connectivity index (χ1v) is 5.63. The van der Waals surface area contributed by atoms with Crippen LogP contribution < -0.4 is 5.32 Å². The number of carbonyl (C=O) groups is 1. The van der Waals surface area contributed by atoms with Crippen LogP contribution in [0, 0.1) is 0 Å². The van der Waals surface area contributed by atoms with Crippen molar-refractivity contribution in [1.82, 2.24) is 10.5 Å². The molecular formula is C11H18N2O6. The number of hydrogen-bond acceptors (Lipinski definition) is 7. The minimum atomic E-state index is -0.518. The summed E-state index contributed by atoms with van der Waals surface area (Å²) in [7, 11) is 1.54. The predicted molar refractivity (Wildman–Crippen MR) is 63.3 cm³/mol. The van der Waals surface area contributed by atoms with Gasteiger partial charge in [-0.05, 0) is 13.8 Å². The zero-order chi connectivity index (χ0) is 14.5. The highest BCUT2D eigenvalue weighted by Crippen LogP contribution is 2.15. The van der Waals surface area contributed by atoms with E-state index in [9.17, 15) is 9.90 Å². The van der Waals surface area contributed by atoms with Crippen molar-refractivity contribution in [3.05, 3.63) is 17.0 Å². The van der Waals surface area contributed by atoms with Crippen molar-refractivity contribution in [3.63, 3.8) is 0 Å². The Bertz CT molecular complexity index is 429. The highest BCUT2D eigenvalue weighted by atomic mass is 17.1. The molecule has 1 aromatic heterocycles. The summed E-state index contributed by atoms with van der Waals surface area (Å²) < 4.78 is 9.98. The molecule has 0 spiro atoms. The number of ether oxygens (including phenoxy) is 1. The van der Waals surface area contributed by atoms with Gasteiger partial charge in [0.1, 0.15) is 6.61 Å². The number of rotatable bonds is 7. The van der Waals surface area contributed by atoms with E-state index in [1.807, 2.05) is 13.8 Å². The number of aliphatic hydroxyl groups excluding tert-OH is 1. The summed E-state index contributed by atoms with van der Waals surface area (Å²) in [5, 5.41) is 23.7. The molecule has 0 aliphatic heterocycles. The fourth-order valence-corrected chi connectivity index (χ4v) is 1.31. The Balaban J connectivity index is 2.77. The first-order chi connectivity index (χ1) is 8.95. The van der Waals surface area contributed by atoms with Gasteiger partial charge < -0.3 is 19.7 Å². The summed E-state index contributed by atoms with van der Waals surface area (Å²) in [6.07, 6.45) is 0. The van der Waals surface area contributed by atoms with Crippen molar-refractivity contribution in [2.75, 3.05) is 13.7 Å². The van der Waals surface area contributed by atoms with E-state index in [1.54, 1.807) is 0 Å². The normalized spacial score (nSPS) is 11.6. The van der Waals surface area contributed by atoms with Crippen molar-refractivity contribution < 1.29 is 29.3 Å². The Morgan fingerprint density at radius 1 is 1.53 bits per heavy atom. The number of hydrogen-bond donors (Lipinski definition) is 3. The maximum atomic E-state index is 11.9. The van der Waals surface area contributed by atoms with Crippen LogP contribution in [0.1, 0.15) is 35.7 Å². The van der Waals surface area contributed by atoms with E-state index in [0.29, 0.717) is 0 Å². The molecule has 0 bridgehead atoms.